The molecule has 20 heavy (non-hydrogen) atoms. The maximum atomic E-state index is 5.62. The molecular weight excluding hydrogens is 266 g/mol. The van der Waals surface area contributed by atoms with E-state index in [-0.39, 0.29) is 0 Å². The Morgan fingerprint density at radius 3 is 2.70 bits per heavy atom. The molecule has 0 amide bonds. The molecule has 100 valence electrons. The van der Waals surface area contributed by atoms with Crippen molar-refractivity contribution in [2.45, 2.75) is 6.92 Å². The Labute approximate surface area is 122 Å². The van der Waals surface area contributed by atoms with Crippen LogP contribution in [0, 0.1) is 0 Å². The Hall–Kier alpha value is -2.13. The second-order valence-corrected chi connectivity index (χ2v) is 5.39. The van der Waals surface area contributed by atoms with Gasteiger partial charge >= 0.3 is 0 Å². The molecule has 2 nitrogen and oxygen atoms in total. The quantitative estimate of drug-likeness (QED) is 0.681. The van der Waals surface area contributed by atoms with Crippen LogP contribution in [0.15, 0.2) is 48.5 Å². The van der Waals surface area contributed by atoms with Gasteiger partial charge in [0.05, 0.1) is 16.8 Å². The highest BCUT2D eigenvalue weighted by molar-refractivity contribution is 7.19. The van der Waals surface area contributed by atoms with Gasteiger partial charge in [-0.2, -0.15) is 0 Å². The number of hydrogen-bond acceptors (Lipinski definition) is 3. The van der Waals surface area contributed by atoms with Gasteiger partial charge in [0.15, 0.2) is 0 Å². The van der Waals surface area contributed by atoms with Gasteiger partial charge in [-0.1, -0.05) is 30.3 Å². The van der Waals surface area contributed by atoms with Crippen LogP contribution < -0.4 is 4.74 Å². The predicted octanol–water partition coefficient (Wildman–Crippen LogP) is 4.87. The van der Waals surface area contributed by atoms with Crippen LogP contribution >= 0.6 is 11.3 Å². The molecule has 0 atom stereocenters. The predicted molar refractivity (Wildman–Crippen MR) is 86.2 cm³/mol. The zero-order valence-electron chi connectivity index (χ0n) is 11.2. The van der Waals surface area contributed by atoms with Gasteiger partial charge in [-0.3, -0.25) is 0 Å². The summed E-state index contributed by atoms with van der Waals surface area (Å²) >= 11 is 1.70. The van der Waals surface area contributed by atoms with Crippen LogP contribution in [-0.2, 0) is 0 Å². The molecular formula is C17H15NOS. The first-order chi connectivity index (χ1) is 9.86. The van der Waals surface area contributed by atoms with Gasteiger partial charge < -0.3 is 4.74 Å². The monoisotopic (exact) mass is 281 g/mol. The van der Waals surface area contributed by atoms with Crippen molar-refractivity contribution in [2.24, 2.45) is 0 Å². The molecule has 0 bridgehead atoms. The number of hydrogen-bond donors (Lipinski definition) is 0. The number of fused-ring (bicyclic) bond motifs is 1. The maximum absolute atomic E-state index is 5.62. The van der Waals surface area contributed by atoms with E-state index in [0.29, 0.717) is 6.61 Å². The van der Waals surface area contributed by atoms with Crippen molar-refractivity contribution in [2.75, 3.05) is 6.61 Å². The molecule has 1 aromatic heterocycles. The van der Waals surface area contributed by atoms with Gasteiger partial charge in [-0.05, 0) is 37.3 Å². The largest absolute Gasteiger partial charge is 0.493 e. The van der Waals surface area contributed by atoms with E-state index in [9.17, 15) is 0 Å². The molecule has 0 saturated heterocycles. The zero-order valence-corrected chi connectivity index (χ0v) is 12.1. The molecule has 0 aliphatic rings. The van der Waals surface area contributed by atoms with Gasteiger partial charge in [0, 0.05) is 5.56 Å². The Bertz CT molecular complexity index is 712. The third-order valence-electron chi connectivity index (χ3n) is 2.93. The van der Waals surface area contributed by atoms with Crippen LogP contribution in [0.1, 0.15) is 17.5 Å². The van der Waals surface area contributed by atoms with E-state index >= 15 is 0 Å². The van der Waals surface area contributed by atoms with E-state index in [0.717, 1.165) is 21.8 Å². The summed E-state index contributed by atoms with van der Waals surface area (Å²) in [4.78, 5) is 4.59. The second-order valence-electron chi connectivity index (χ2n) is 4.32. The van der Waals surface area contributed by atoms with Crippen molar-refractivity contribution >= 4 is 33.7 Å². The van der Waals surface area contributed by atoms with Crippen molar-refractivity contribution in [1.29, 1.82) is 0 Å². The topological polar surface area (TPSA) is 22.1 Å². The fourth-order valence-corrected chi connectivity index (χ4v) is 2.90. The van der Waals surface area contributed by atoms with Crippen molar-refractivity contribution in [1.82, 2.24) is 4.98 Å². The third-order valence-corrected chi connectivity index (χ3v) is 3.94. The Balaban J connectivity index is 1.90. The van der Waals surface area contributed by atoms with E-state index in [1.165, 1.54) is 4.70 Å². The fourth-order valence-electron chi connectivity index (χ4n) is 2.03. The molecule has 0 spiro atoms. The highest BCUT2D eigenvalue weighted by atomic mass is 32.1. The molecule has 2 aromatic carbocycles. The second kappa shape index (κ2) is 5.88. The molecule has 0 unspecified atom stereocenters. The van der Waals surface area contributed by atoms with Gasteiger partial charge in [-0.25, -0.2) is 4.98 Å². The summed E-state index contributed by atoms with van der Waals surface area (Å²) in [7, 11) is 0. The molecule has 3 rings (SSSR count). The third kappa shape index (κ3) is 2.73. The lowest BCUT2D eigenvalue weighted by Gasteiger charge is -2.05. The number of rotatable bonds is 4. The molecule has 0 aliphatic carbocycles. The molecule has 0 radical (unpaired) electrons. The molecule has 0 fully saturated rings. The molecule has 3 aromatic rings. The van der Waals surface area contributed by atoms with Crippen LogP contribution in [0.25, 0.3) is 22.4 Å². The number of ether oxygens (including phenoxy) is 1. The average molecular weight is 281 g/mol. The molecule has 0 saturated carbocycles. The van der Waals surface area contributed by atoms with Crippen LogP contribution in [0.2, 0.25) is 0 Å². The van der Waals surface area contributed by atoms with Gasteiger partial charge in [0.2, 0.25) is 0 Å². The number of aromatic nitrogens is 1. The Kier molecular flexibility index (Phi) is 3.79. The van der Waals surface area contributed by atoms with Crippen molar-refractivity contribution < 1.29 is 4.74 Å². The van der Waals surface area contributed by atoms with Gasteiger partial charge in [-0.15, -0.1) is 11.3 Å². The van der Waals surface area contributed by atoms with Gasteiger partial charge in [0.25, 0.3) is 0 Å². The van der Waals surface area contributed by atoms with Crippen LogP contribution in [0.4, 0.5) is 0 Å². The first-order valence-corrected chi connectivity index (χ1v) is 7.44. The minimum atomic E-state index is 0.673. The Morgan fingerprint density at radius 2 is 1.85 bits per heavy atom. The van der Waals surface area contributed by atoms with Crippen LogP contribution in [0.5, 0.6) is 5.75 Å². The molecule has 1 heterocycles. The highest BCUT2D eigenvalue weighted by Gasteiger charge is 2.01. The lowest BCUT2D eigenvalue weighted by Crippen LogP contribution is -1.92. The molecule has 3 heteroatoms. The van der Waals surface area contributed by atoms with E-state index in [2.05, 4.69) is 23.2 Å². The average Bonchev–Trinajstić information content (AvgIpc) is 2.89. The molecule has 0 aliphatic heterocycles. The number of para-hydroxylation sites is 2. The fraction of sp³-hybridized carbons (Fsp3) is 0.118. The lowest BCUT2D eigenvalue weighted by molar-refractivity contribution is 0.339. The standard InChI is InChI=1S/C17H15NOS/c1-2-19-15-9-5-3-7-13(15)11-12-17-18-14-8-4-6-10-16(14)20-17/h3-12H,2H2,1H3. The van der Waals surface area contributed by atoms with E-state index in [1.54, 1.807) is 11.3 Å². The zero-order chi connectivity index (χ0) is 13.8. The van der Waals surface area contributed by atoms with E-state index in [4.69, 9.17) is 4.74 Å². The summed E-state index contributed by atoms with van der Waals surface area (Å²) in [5, 5.41) is 1.01. The highest BCUT2D eigenvalue weighted by Crippen LogP contribution is 2.25. The Morgan fingerprint density at radius 1 is 1.05 bits per heavy atom. The first-order valence-electron chi connectivity index (χ1n) is 6.62. The van der Waals surface area contributed by atoms with E-state index < -0.39 is 0 Å². The lowest BCUT2D eigenvalue weighted by atomic mass is 10.2. The van der Waals surface area contributed by atoms with E-state index in [1.807, 2.05) is 49.4 Å². The number of nitrogens with zero attached hydrogens (tertiary/aromatic N) is 1. The minimum Gasteiger partial charge on any atom is -0.493 e. The summed E-state index contributed by atoms with van der Waals surface area (Å²) in [5.41, 5.74) is 2.13. The summed E-state index contributed by atoms with van der Waals surface area (Å²) < 4.78 is 6.83. The summed E-state index contributed by atoms with van der Waals surface area (Å²) in [5.74, 6) is 0.910. The summed E-state index contributed by atoms with van der Waals surface area (Å²) in [6.07, 6.45) is 4.10. The normalized spacial score (nSPS) is 11.2. The smallest absolute Gasteiger partial charge is 0.126 e. The van der Waals surface area contributed by atoms with Crippen LogP contribution in [0.3, 0.4) is 0 Å². The van der Waals surface area contributed by atoms with Crippen molar-refractivity contribution in [3.8, 4) is 5.75 Å². The minimum absolute atomic E-state index is 0.673. The van der Waals surface area contributed by atoms with Crippen molar-refractivity contribution in [3.63, 3.8) is 0 Å². The summed E-state index contributed by atoms with van der Waals surface area (Å²) in [6.45, 7) is 2.67. The maximum Gasteiger partial charge on any atom is 0.126 e. The SMILES string of the molecule is CCOc1ccccc1C=Cc1nc2ccccc2s1. The van der Waals surface area contributed by atoms with Gasteiger partial charge in [0.1, 0.15) is 10.8 Å². The summed E-state index contributed by atoms with van der Waals surface area (Å²) in [6, 6.07) is 16.2. The van der Waals surface area contributed by atoms with Crippen molar-refractivity contribution in [3.05, 3.63) is 59.1 Å². The first kappa shape index (κ1) is 12.9. The molecule has 0 N–H and O–H groups in total. The number of thiazole rings is 1. The number of benzene rings is 2. The van der Waals surface area contributed by atoms with Crippen LogP contribution in [-0.4, -0.2) is 11.6 Å².